The highest BCUT2D eigenvalue weighted by Gasteiger charge is 2.20. The Morgan fingerprint density at radius 1 is 1.28 bits per heavy atom. The third-order valence-electron chi connectivity index (χ3n) is 3.80. The van der Waals surface area contributed by atoms with Gasteiger partial charge in [0.1, 0.15) is 5.75 Å². The van der Waals surface area contributed by atoms with Crippen LogP contribution in [0.2, 0.25) is 0 Å². The molecule has 0 fully saturated rings. The average Bonchev–Trinajstić information content (AvgIpc) is 3.02. The van der Waals surface area contributed by atoms with Crippen LogP contribution in [0.15, 0.2) is 29.4 Å². The van der Waals surface area contributed by atoms with Crippen LogP contribution in [0.3, 0.4) is 0 Å². The van der Waals surface area contributed by atoms with Crippen molar-refractivity contribution in [1.29, 1.82) is 0 Å². The number of hydrogen-bond acceptors (Lipinski definition) is 5. The Kier molecular flexibility index (Phi) is 7.31. The van der Waals surface area contributed by atoms with Crippen LogP contribution < -0.4 is 10.1 Å². The number of nitrogens with one attached hydrogen (secondary N) is 1. The topological polar surface area (TPSA) is 69.0 Å². The van der Waals surface area contributed by atoms with E-state index in [0.717, 1.165) is 41.7 Å². The first-order valence-corrected chi connectivity index (χ1v) is 9.50. The zero-order valence-corrected chi connectivity index (χ0v) is 16.1. The van der Waals surface area contributed by atoms with Crippen molar-refractivity contribution in [2.45, 2.75) is 50.6 Å². The number of nitrogens with zero attached hydrogens (tertiary/aromatic N) is 3. The lowest BCUT2D eigenvalue weighted by Gasteiger charge is -2.13. The van der Waals surface area contributed by atoms with E-state index in [9.17, 15) is 4.79 Å². The van der Waals surface area contributed by atoms with Gasteiger partial charge in [0.2, 0.25) is 5.91 Å². The Balaban J connectivity index is 2.27. The first-order valence-electron chi connectivity index (χ1n) is 8.62. The number of carbonyl (C=O) groups is 1. The van der Waals surface area contributed by atoms with Crippen LogP contribution in [-0.4, -0.2) is 39.6 Å². The lowest BCUT2D eigenvalue weighted by molar-refractivity contribution is -0.120. The molecule has 0 aliphatic heterocycles. The molecule has 136 valence electrons. The molecule has 6 nitrogen and oxygen atoms in total. The van der Waals surface area contributed by atoms with E-state index in [1.54, 1.807) is 7.11 Å². The molecule has 2 aromatic rings. The predicted molar refractivity (Wildman–Crippen MR) is 101 cm³/mol. The number of methoxy groups -OCH3 is 1. The van der Waals surface area contributed by atoms with Gasteiger partial charge in [-0.1, -0.05) is 25.1 Å². The van der Waals surface area contributed by atoms with Gasteiger partial charge >= 0.3 is 0 Å². The van der Waals surface area contributed by atoms with Gasteiger partial charge in [-0.15, -0.1) is 10.2 Å². The van der Waals surface area contributed by atoms with Crippen LogP contribution in [-0.2, 0) is 11.3 Å². The molecule has 7 heteroatoms. The second kappa shape index (κ2) is 9.46. The van der Waals surface area contributed by atoms with E-state index in [4.69, 9.17) is 4.74 Å². The van der Waals surface area contributed by atoms with Gasteiger partial charge in [-0.2, -0.15) is 0 Å². The van der Waals surface area contributed by atoms with Crippen LogP contribution >= 0.6 is 11.8 Å². The molecule has 25 heavy (non-hydrogen) atoms. The van der Waals surface area contributed by atoms with Crippen molar-refractivity contribution in [3.63, 3.8) is 0 Å². The Hall–Kier alpha value is -2.02. The van der Waals surface area contributed by atoms with Gasteiger partial charge in [-0.05, 0) is 44.5 Å². The molecule has 0 bridgehead atoms. The minimum absolute atomic E-state index is 0.0172. The van der Waals surface area contributed by atoms with Gasteiger partial charge in [-0.3, -0.25) is 4.79 Å². The van der Waals surface area contributed by atoms with Crippen molar-refractivity contribution in [3.05, 3.63) is 24.3 Å². The van der Waals surface area contributed by atoms with E-state index in [2.05, 4.69) is 27.0 Å². The molecule has 1 heterocycles. The van der Waals surface area contributed by atoms with E-state index in [0.29, 0.717) is 6.54 Å². The van der Waals surface area contributed by atoms with E-state index in [1.165, 1.54) is 11.8 Å². The standard InChI is InChI=1S/C18H26N4O2S/c1-5-7-12-22-16(14-8-10-15(24-4)11-9-14)20-21-18(22)25-13(3)17(23)19-6-2/h8-11,13H,5-7,12H2,1-4H3,(H,19,23)/t13-/m0/s1. The molecule has 1 atom stereocenters. The number of thioether (sulfide) groups is 1. The van der Waals surface area contributed by atoms with Gasteiger partial charge in [0, 0.05) is 18.7 Å². The molecule has 0 radical (unpaired) electrons. The molecule has 2 rings (SSSR count). The molecule has 1 N–H and O–H groups in total. The van der Waals surface area contributed by atoms with Gasteiger partial charge < -0.3 is 14.6 Å². The zero-order valence-electron chi connectivity index (χ0n) is 15.3. The number of ether oxygens (including phenoxy) is 1. The van der Waals surface area contributed by atoms with E-state index in [1.807, 2.05) is 38.1 Å². The fraction of sp³-hybridized carbons (Fsp3) is 0.500. The van der Waals surface area contributed by atoms with E-state index >= 15 is 0 Å². The number of aromatic nitrogens is 3. The largest absolute Gasteiger partial charge is 0.497 e. The van der Waals surface area contributed by atoms with Gasteiger partial charge in [0.15, 0.2) is 11.0 Å². The maximum atomic E-state index is 12.0. The summed E-state index contributed by atoms with van der Waals surface area (Å²) in [5.41, 5.74) is 0.988. The minimum atomic E-state index is -0.215. The Morgan fingerprint density at radius 3 is 2.60 bits per heavy atom. The van der Waals surface area contributed by atoms with Crippen LogP contribution in [0.1, 0.15) is 33.6 Å². The van der Waals surface area contributed by atoms with Crippen molar-refractivity contribution in [1.82, 2.24) is 20.1 Å². The quantitative estimate of drug-likeness (QED) is 0.693. The van der Waals surface area contributed by atoms with Crippen molar-refractivity contribution in [2.75, 3.05) is 13.7 Å². The number of rotatable bonds is 9. The predicted octanol–water partition coefficient (Wildman–Crippen LogP) is 3.37. The molecule has 1 aromatic heterocycles. The Bertz CT molecular complexity index is 685. The van der Waals surface area contributed by atoms with Gasteiger partial charge in [0.25, 0.3) is 0 Å². The third kappa shape index (κ3) is 4.98. The summed E-state index contributed by atoms with van der Waals surface area (Å²) in [6.07, 6.45) is 2.11. The lowest BCUT2D eigenvalue weighted by atomic mass is 10.2. The SMILES string of the molecule is CCCCn1c(S[C@@H](C)C(=O)NCC)nnc1-c1ccc(OC)cc1. The molecule has 0 spiro atoms. The first kappa shape index (κ1) is 19.3. The van der Waals surface area contributed by atoms with Crippen LogP contribution in [0.5, 0.6) is 5.75 Å². The van der Waals surface area contributed by atoms with Crippen molar-refractivity contribution in [2.24, 2.45) is 0 Å². The van der Waals surface area contributed by atoms with Gasteiger partial charge in [0.05, 0.1) is 12.4 Å². The number of amides is 1. The summed E-state index contributed by atoms with van der Waals surface area (Å²) in [4.78, 5) is 12.0. The summed E-state index contributed by atoms with van der Waals surface area (Å²) in [5.74, 6) is 1.65. The van der Waals surface area contributed by atoms with Crippen LogP contribution in [0.25, 0.3) is 11.4 Å². The normalized spacial score (nSPS) is 12.0. The number of hydrogen-bond donors (Lipinski definition) is 1. The van der Waals surface area contributed by atoms with Crippen LogP contribution in [0.4, 0.5) is 0 Å². The summed E-state index contributed by atoms with van der Waals surface area (Å²) >= 11 is 1.44. The number of unbranched alkanes of at least 4 members (excludes halogenated alkanes) is 1. The Labute approximate surface area is 153 Å². The van der Waals surface area contributed by atoms with Crippen molar-refractivity contribution in [3.8, 4) is 17.1 Å². The molecule has 0 saturated heterocycles. The maximum absolute atomic E-state index is 12.0. The highest BCUT2D eigenvalue weighted by atomic mass is 32.2. The molecular weight excluding hydrogens is 336 g/mol. The van der Waals surface area contributed by atoms with Crippen molar-refractivity contribution < 1.29 is 9.53 Å². The lowest BCUT2D eigenvalue weighted by Crippen LogP contribution is -2.30. The highest BCUT2D eigenvalue weighted by Crippen LogP contribution is 2.28. The first-order chi connectivity index (χ1) is 12.1. The van der Waals surface area contributed by atoms with Crippen LogP contribution in [0, 0.1) is 0 Å². The summed E-state index contributed by atoms with van der Waals surface area (Å²) < 4.78 is 7.32. The fourth-order valence-electron chi connectivity index (χ4n) is 2.38. The highest BCUT2D eigenvalue weighted by molar-refractivity contribution is 8.00. The van der Waals surface area contributed by atoms with E-state index in [-0.39, 0.29) is 11.2 Å². The molecule has 0 aliphatic rings. The smallest absolute Gasteiger partial charge is 0.233 e. The number of carbonyl (C=O) groups excluding carboxylic acids is 1. The summed E-state index contributed by atoms with van der Waals surface area (Å²) in [7, 11) is 1.65. The number of benzene rings is 1. The average molecular weight is 362 g/mol. The second-order valence-electron chi connectivity index (χ2n) is 5.69. The molecule has 0 unspecified atom stereocenters. The maximum Gasteiger partial charge on any atom is 0.233 e. The zero-order chi connectivity index (χ0) is 18.2. The molecule has 0 aliphatic carbocycles. The van der Waals surface area contributed by atoms with Crippen molar-refractivity contribution >= 4 is 17.7 Å². The monoisotopic (exact) mass is 362 g/mol. The second-order valence-corrected chi connectivity index (χ2v) is 7.00. The fourth-order valence-corrected chi connectivity index (χ4v) is 3.28. The van der Waals surface area contributed by atoms with Gasteiger partial charge in [-0.25, -0.2) is 0 Å². The molecule has 1 aromatic carbocycles. The van der Waals surface area contributed by atoms with E-state index < -0.39 is 0 Å². The summed E-state index contributed by atoms with van der Waals surface area (Å²) in [6, 6.07) is 7.79. The summed E-state index contributed by atoms with van der Waals surface area (Å²) in [6.45, 7) is 7.42. The third-order valence-corrected chi connectivity index (χ3v) is 4.88. The molecule has 1 amide bonds. The molecule has 0 saturated carbocycles. The minimum Gasteiger partial charge on any atom is -0.497 e. The summed E-state index contributed by atoms with van der Waals surface area (Å²) in [5, 5.41) is 12.1. The molecular formula is C18H26N4O2S. The Morgan fingerprint density at radius 2 is 2.00 bits per heavy atom.